The van der Waals surface area contributed by atoms with E-state index in [4.69, 9.17) is 9.72 Å². The summed E-state index contributed by atoms with van der Waals surface area (Å²) in [5.41, 5.74) is 5.66. The Morgan fingerprint density at radius 1 is 0.918 bits per heavy atom. The van der Waals surface area contributed by atoms with Crippen LogP contribution in [0.4, 0.5) is 4.79 Å². The predicted molar refractivity (Wildman–Crippen MR) is 182 cm³/mol. The number of aromatic amines is 2. The third-order valence-electron chi connectivity index (χ3n) is 12.3. The van der Waals surface area contributed by atoms with Gasteiger partial charge < -0.3 is 30.0 Å². The fraction of sp³-hybridized carbons (Fsp3) is 0.447. The number of hydrogen-bond acceptors (Lipinski definition) is 6. The normalized spacial score (nSPS) is 28.6. The molecule has 3 heterocycles. The third kappa shape index (κ3) is 4.50. The maximum absolute atomic E-state index is 13.5. The van der Waals surface area contributed by atoms with Crippen LogP contribution in [0.5, 0.6) is 0 Å². The van der Waals surface area contributed by atoms with Crippen LogP contribution in [-0.2, 0) is 19.7 Å². The number of carboxylic acids is 1. The first kappa shape index (κ1) is 31.3. The number of aliphatic carboxylic acids is 1. The van der Waals surface area contributed by atoms with Crippen molar-refractivity contribution in [2.45, 2.75) is 64.0 Å². The van der Waals surface area contributed by atoms with Crippen molar-refractivity contribution in [3.8, 4) is 33.6 Å². The first-order valence-electron chi connectivity index (χ1n) is 17.3. The number of benzene rings is 2. The average Bonchev–Trinajstić information content (AvgIpc) is 3.84. The second-order valence-corrected chi connectivity index (χ2v) is 14.7. The summed E-state index contributed by atoms with van der Waals surface area (Å²) in [7, 11) is 1.29. The number of aromatic nitrogens is 4. The van der Waals surface area contributed by atoms with Gasteiger partial charge in [0.05, 0.1) is 48.3 Å². The second-order valence-electron chi connectivity index (χ2n) is 14.7. The van der Waals surface area contributed by atoms with Crippen molar-refractivity contribution in [2.24, 2.45) is 29.1 Å². The van der Waals surface area contributed by atoms with Gasteiger partial charge in [-0.2, -0.15) is 0 Å². The molecule has 4 N–H and O–H groups in total. The van der Waals surface area contributed by atoms with E-state index in [1.165, 1.54) is 7.11 Å². The molecule has 8 rings (SSSR count). The molecule has 4 fully saturated rings. The lowest BCUT2D eigenvalue weighted by molar-refractivity contribution is -0.154. The van der Waals surface area contributed by atoms with Gasteiger partial charge >= 0.3 is 12.1 Å². The van der Waals surface area contributed by atoms with E-state index < -0.39 is 18.1 Å². The van der Waals surface area contributed by atoms with E-state index in [2.05, 4.69) is 75.7 Å². The number of carbonyl (C=O) groups is 3. The summed E-state index contributed by atoms with van der Waals surface area (Å²) in [5, 5.41) is 12.7. The maximum Gasteiger partial charge on any atom is 0.407 e. The summed E-state index contributed by atoms with van der Waals surface area (Å²) in [5.74, 6) is 0.983. The lowest BCUT2D eigenvalue weighted by Gasteiger charge is -2.47. The van der Waals surface area contributed by atoms with E-state index >= 15 is 0 Å². The van der Waals surface area contributed by atoms with Crippen molar-refractivity contribution >= 4 is 18.0 Å². The lowest BCUT2D eigenvalue weighted by atomic mass is 9.55. The molecule has 0 bridgehead atoms. The van der Waals surface area contributed by atoms with Gasteiger partial charge in [-0.1, -0.05) is 69.3 Å². The molecule has 2 aromatic heterocycles. The van der Waals surface area contributed by atoms with Gasteiger partial charge in [0.25, 0.3) is 0 Å². The summed E-state index contributed by atoms with van der Waals surface area (Å²) < 4.78 is 4.75. The van der Waals surface area contributed by atoms with E-state index in [0.29, 0.717) is 12.5 Å². The van der Waals surface area contributed by atoms with E-state index in [0.717, 1.165) is 71.0 Å². The lowest BCUT2D eigenvalue weighted by Crippen LogP contribution is -2.53. The molecule has 49 heavy (non-hydrogen) atoms. The molecular formula is C38H42N6O5. The zero-order valence-corrected chi connectivity index (χ0v) is 28.2. The fourth-order valence-corrected chi connectivity index (χ4v) is 9.93. The number of nitrogens with one attached hydrogen (secondary N) is 3. The highest BCUT2D eigenvalue weighted by Gasteiger charge is 2.93. The van der Waals surface area contributed by atoms with Crippen LogP contribution in [0, 0.1) is 29.1 Å². The van der Waals surface area contributed by atoms with Gasteiger partial charge in [0.15, 0.2) is 0 Å². The van der Waals surface area contributed by atoms with Crippen molar-refractivity contribution in [3.63, 3.8) is 0 Å². The minimum Gasteiger partial charge on any atom is -0.481 e. The molecule has 0 unspecified atom stereocenters. The number of amides is 2. The number of ether oxygens (including phenoxy) is 1. The predicted octanol–water partition coefficient (Wildman–Crippen LogP) is 6.18. The largest absolute Gasteiger partial charge is 0.481 e. The molecule has 2 amide bonds. The van der Waals surface area contributed by atoms with Crippen molar-refractivity contribution < 1.29 is 24.2 Å². The van der Waals surface area contributed by atoms with Gasteiger partial charge in [0.2, 0.25) is 5.91 Å². The molecule has 1 saturated heterocycles. The Labute approximate surface area is 284 Å². The summed E-state index contributed by atoms with van der Waals surface area (Å²) in [4.78, 5) is 55.7. The fourth-order valence-electron chi connectivity index (χ4n) is 9.93. The van der Waals surface area contributed by atoms with Crippen molar-refractivity contribution in [1.82, 2.24) is 30.2 Å². The molecule has 0 spiro atoms. The number of methoxy groups -OCH3 is 1. The first-order chi connectivity index (χ1) is 23.6. The zero-order chi connectivity index (χ0) is 34.2. The van der Waals surface area contributed by atoms with Crippen molar-refractivity contribution in [3.05, 3.63) is 72.6 Å². The van der Waals surface area contributed by atoms with Gasteiger partial charge in [-0.3, -0.25) is 9.59 Å². The van der Waals surface area contributed by atoms with Crippen molar-refractivity contribution in [2.75, 3.05) is 13.7 Å². The molecule has 4 aromatic rings. The van der Waals surface area contributed by atoms with Crippen LogP contribution in [0.3, 0.4) is 0 Å². The molecule has 2 aromatic carbocycles. The Hall–Kier alpha value is -4.93. The smallest absolute Gasteiger partial charge is 0.407 e. The van der Waals surface area contributed by atoms with Crippen LogP contribution < -0.4 is 5.32 Å². The topological polar surface area (TPSA) is 153 Å². The molecule has 254 valence electrons. The minimum atomic E-state index is -0.690. The molecule has 11 heteroatoms. The highest BCUT2D eigenvalue weighted by Crippen LogP contribution is 2.91. The first-order valence-corrected chi connectivity index (χ1v) is 17.3. The molecule has 3 aliphatic carbocycles. The van der Waals surface area contributed by atoms with Crippen LogP contribution in [0.15, 0.2) is 60.9 Å². The Kier molecular flexibility index (Phi) is 7.24. The standard InChI is InChI=1S/C38H42N6O5/c1-20(2)31(43-36(48)49-4)33(45)44-17-5-6-28(44)32-39-18-26(41-32)23-11-7-21(8-12-23)22-9-13-24(14-10-22)27-19-40-35(42-27)38-29-16-15-25(37(29,38)3)30(38)34(46)47/h7-14,18-20,25,28-31H,5-6,15-17H2,1-4H3,(H,39,41)(H,40,42)(H,43,48)(H,46,47)/t25-,28-,29-,30-,31-,37+,38+/m0/s1. The highest BCUT2D eigenvalue weighted by molar-refractivity contribution is 5.86. The summed E-state index contributed by atoms with van der Waals surface area (Å²) in [6.45, 7) is 6.67. The number of hydrogen-bond donors (Lipinski definition) is 4. The van der Waals surface area contributed by atoms with Crippen LogP contribution in [0.25, 0.3) is 33.6 Å². The number of nitrogens with zero attached hydrogens (tertiary/aromatic N) is 3. The molecule has 11 nitrogen and oxygen atoms in total. The molecule has 0 radical (unpaired) electrons. The van der Waals surface area contributed by atoms with Gasteiger partial charge in [0.1, 0.15) is 17.7 Å². The molecule has 7 atom stereocenters. The molecule has 3 saturated carbocycles. The number of likely N-dealkylation sites (tertiary alicyclic amines) is 1. The number of imidazole rings is 2. The monoisotopic (exact) mass is 662 g/mol. The molecule has 4 aliphatic rings. The van der Waals surface area contributed by atoms with Crippen LogP contribution >= 0.6 is 0 Å². The van der Waals surface area contributed by atoms with Gasteiger partial charge in [-0.25, -0.2) is 14.8 Å². The van der Waals surface area contributed by atoms with Gasteiger partial charge in [0, 0.05) is 6.54 Å². The highest BCUT2D eigenvalue weighted by atomic mass is 16.5. The van der Waals surface area contributed by atoms with Gasteiger partial charge in [-0.05, 0) is 71.1 Å². The number of H-pyrrole nitrogens is 2. The number of fused-ring (bicyclic) bond motifs is 1. The van der Waals surface area contributed by atoms with Crippen LogP contribution in [0.2, 0.25) is 0 Å². The Morgan fingerprint density at radius 2 is 1.53 bits per heavy atom. The molecule has 1 aliphatic heterocycles. The average molecular weight is 663 g/mol. The molecular weight excluding hydrogens is 620 g/mol. The SMILES string of the molecule is COC(=O)N[C@H](C(=O)N1CCC[C@H]1c1ncc(-c2ccc(-c3ccc(-c4cnc([C@]56[C@H](C(=O)O)[C@@H]7CC[C@H]5[C@@]76C)[nH]4)cc3)cc2)[nH]1)C(C)C. The van der Waals surface area contributed by atoms with E-state index in [9.17, 15) is 19.5 Å². The summed E-state index contributed by atoms with van der Waals surface area (Å²) >= 11 is 0. The maximum atomic E-state index is 13.5. The number of carboxylic acid groups (broad SMARTS) is 1. The van der Waals surface area contributed by atoms with Crippen molar-refractivity contribution in [1.29, 1.82) is 0 Å². The Morgan fingerprint density at radius 3 is 2.12 bits per heavy atom. The van der Waals surface area contributed by atoms with E-state index in [1.54, 1.807) is 0 Å². The minimum absolute atomic E-state index is 0.0659. The number of alkyl carbamates (subject to hydrolysis) is 1. The Balaban J connectivity index is 0.950. The summed E-state index contributed by atoms with van der Waals surface area (Å²) in [6.07, 6.45) is 6.79. The van der Waals surface area contributed by atoms with Crippen LogP contribution in [0.1, 0.15) is 64.1 Å². The number of rotatable bonds is 9. The number of carbonyl (C=O) groups excluding carboxylic acids is 2. The van der Waals surface area contributed by atoms with E-state index in [-0.39, 0.29) is 40.5 Å². The second kappa shape index (κ2) is 11.3. The quantitative estimate of drug-likeness (QED) is 0.167. The zero-order valence-electron chi connectivity index (χ0n) is 28.2. The van der Waals surface area contributed by atoms with E-state index in [1.807, 2.05) is 31.1 Å². The Bertz CT molecular complexity index is 1930. The third-order valence-corrected chi connectivity index (χ3v) is 12.3. The van der Waals surface area contributed by atoms with Gasteiger partial charge in [-0.15, -0.1) is 0 Å². The van der Waals surface area contributed by atoms with Crippen LogP contribution in [-0.4, -0.2) is 67.6 Å². The summed E-state index contributed by atoms with van der Waals surface area (Å²) in [6, 6.07) is 15.8.